The Labute approximate surface area is 176 Å². The first-order valence-corrected chi connectivity index (χ1v) is 10.3. The van der Waals surface area contributed by atoms with Crippen molar-refractivity contribution in [1.82, 2.24) is 24.8 Å². The predicted molar refractivity (Wildman–Crippen MR) is 118 cm³/mol. The summed E-state index contributed by atoms with van der Waals surface area (Å²) in [5.74, 6) is 0.709. The molecule has 2 N–H and O–H groups in total. The van der Waals surface area contributed by atoms with Crippen LogP contribution in [-0.2, 0) is 0 Å². The monoisotopic (exact) mass is 409 g/mol. The third-order valence-electron chi connectivity index (χ3n) is 5.57. The van der Waals surface area contributed by atoms with Crippen LogP contribution >= 0.6 is 0 Å². The molecule has 1 aromatic carbocycles. The van der Waals surface area contributed by atoms with Gasteiger partial charge < -0.3 is 20.1 Å². The van der Waals surface area contributed by atoms with Gasteiger partial charge in [0.1, 0.15) is 11.5 Å². The first kappa shape index (κ1) is 20.3. The molecule has 1 saturated heterocycles. The fourth-order valence-electron chi connectivity index (χ4n) is 4.00. The second-order valence-corrected chi connectivity index (χ2v) is 7.94. The minimum absolute atomic E-state index is 0.147. The van der Waals surface area contributed by atoms with Gasteiger partial charge in [0.2, 0.25) is 5.95 Å². The molecule has 0 spiro atoms. The van der Waals surface area contributed by atoms with Crippen molar-refractivity contribution >= 4 is 17.3 Å². The lowest BCUT2D eigenvalue weighted by Gasteiger charge is -2.19. The van der Waals surface area contributed by atoms with Crippen LogP contribution in [0.15, 0.2) is 36.7 Å². The molecule has 1 atom stereocenters. The lowest BCUT2D eigenvalue weighted by molar-refractivity contribution is 0.578. The number of rotatable bonds is 6. The first-order valence-electron chi connectivity index (χ1n) is 10.3. The van der Waals surface area contributed by atoms with Crippen molar-refractivity contribution in [2.75, 3.05) is 30.4 Å². The number of imidazole rings is 1. The van der Waals surface area contributed by atoms with Gasteiger partial charge in [-0.3, -0.25) is 0 Å². The average molecular weight is 410 g/mol. The lowest BCUT2D eigenvalue weighted by Crippen LogP contribution is -2.29. The van der Waals surface area contributed by atoms with Crippen LogP contribution in [0.1, 0.15) is 32.1 Å². The lowest BCUT2D eigenvalue weighted by atomic mass is 10.2. The molecule has 1 aliphatic rings. The number of hydrogen-bond acceptors (Lipinski definition) is 6. The van der Waals surface area contributed by atoms with Gasteiger partial charge in [-0.15, -0.1) is 0 Å². The summed E-state index contributed by atoms with van der Waals surface area (Å²) in [4.78, 5) is 15.3. The van der Waals surface area contributed by atoms with Crippen LogP contribution in [0.25, 0.3) is 11.4 Å². The van der Waals surface area contributed by atoms with Gasteiger partial charge in [0.05, 0.1) is 18.1 Å². The molecule has 1 aliphatic heterocycles. The van der Waals surface area contributed by atoms with Gasteiger partial charge in [0.25, 0.3) is 0 Å². The Balaban J connectivity index is 1.54. The van der Waals surface area contributed by atoms with Crippen molar-refractivity contribution in [1.29, 1.82) is 0 Å². The number of aromatic nitrogens is 4. The van der Waals surface area contributed by atoms with Gasteiger partial charge in [-0.05, 0) is 58.5 Å². The fraction of sp³-hybridized carbons (Fsp3) is 0.409. The van der Waals surface area contributed by atoms with Gasteiger partial charge in [-0.25, -0.2) is 19.3 Å². The normalized spacial score (nSPS) is 16.5. The molecule has 0 amide bonds. The van der Waals surface area contributed by atoms with E-state index in [2.05, 4.69) is 42.6 Å². The van der Waals surface area contributed by atoms with E-state index in [4.69, 9.17) is 0 Å². The molecule has 0 radical (unpaired) electrons. The van der Waals surface area contributed by atoms with E-state index in [1.54, 1.807) is 6.20 Å². The number of benzene rings is 1. The van der Waals surface area contributed by atoms with Crippen LogP contribution in [0, 0.1) is 12.7 Å². The zero-order valence-electron chi connectivity index (χ0n) is 17.9. The molecule has 0 bridgehead atoms. The maximum absolute atomic E-state index is 14.5. The summed E-state index contributed by atoms with van der Waals surface area (Å²) in [6.07, 6.45) is 4.01. The summed E-state index contributed by atoms with van der Waals surface area (Å²) >= 11 is 0. The Bertz CT molecular complexity index is 1010. The predicted octanol–water partition coefficient (Wildman–Crippen LogP) is 3.91. The van der Waals surface area contributed by atoms with E-state index in [-0.39, 0.29) is 11.7 Å². The van der Waals surface area contributed by atoms with E-state index in [0.717, 1.165) is 31.0 Å². The molecule has 3 heterocycles. The van der Waals surface area contributed by atoms with Gasteiger partial charge >= 0.3 is 0 Å². The maximum Gasteiger partial charge on any atom is 0.227 e. The molecule has 4 rings (SSSR count). The summed E-state index contributed by atoms with van der Waals surface area (Å²) in [6, 6.07) is 8.85. The molecule has 30 heavy (non-hydrogen) atoms. The molecule has 1 fully saturated rings. The Morgan fingerprint density at radius 3 is 2.57 bits per heavy atom. The number of nitrogens with zero attached hydrogens (tertiary/aromatic N) is 5. The number of aryl methyl sites for hydroxylation is 1. The van der Waals surface area contributed by atoms with Crippen LogP contribution in [-0.4, -0.2) is 45.7 Å². The van der Waals surface area contributed by atoms with E-state index in [0.29, 0.717) is 17.7 Å². The second kappa shape index (κ2) is 8.39. The molecule has 0 unspecified atom stereocenters. The fourth-order valence-corrected chi connectivity index (χ4v) is 4.00. The molecule has 7 nitrogen and oxygen atoms in total. The summed E-state index contributed by atoms with van der Waals surface area (Å²) in [5.41, 5.74) is 2.94. The van der Waals surface area contributed by atoms with E-state index in [1.807, 2.05) is 44.5 Å². The third kappa shape index (κ3) is 4.00. The largest absolute Gasteiger partial charge is 0.370 e. The molecule has 8 heteroatoms. The molecule has 0 saturated carbocycles. The number of nitrogens with one attached hydrogen (secondary N) is 2. The standard InChI is InChI=1S/C22H28FN7/c1-14(2)30-15(3)25-12-20(30)21-19(23)11-26-22(28-21)27-16-5-7-18(8-6-16)29-10-9-17(13-29)24-4/h5-8,11-12,14,17,24H,9-10,13H2,1-4H3,(H,26,27,28)/t17-/m0/s1. The Morgan fingerprint density at radius 1 is 1.13 bits per heavy atom. The zero-order chi connectivity index (χ0) is 21.3. The van der Waals surface area contributed by atoms with E-state index < -0.39 is 5.82 Å². The van der Waals surface area contributed by atoms with Gasteiger partial charge in [-0.1, -0.05) is 0 Å². The quantitative estimate of drug-likeness (QED) is 0.643. The third-order valence-corrected chi connectivity index (χ3v) is 5.57. The highest BCUT2D eigenvalue weighted by Crippen LogP contribution is 2.27. The summed E-state index contributed by atoms with van der Waals surface area (Å²) < 4.78 is 16.5. The van der Waals surface area contributed by atoms with Crippen LogP contribution < -0.4 is 15.5 Å². The van der Waals surface area contributed by atoms with Crippen LogP contribution in [0.5, 0.6) is 0 Å². The topological polar surface area (TPSA) is 70.9 Å². The summed E-state index contributed by atoms with van der Waals surface area (Å²) in [6.45, 7) is 8.04. The smallest absolute Gasteiger partial charge is 0.227 e. The summed E-state index contributed by atoms with van der Waals surface area (Å²) in [5, 5.41) is 6.52. The van der Waals surface area contributed by atoms with Crippen LogP contribution in [0.2, 0.25) is 0 Å². The van der Waals surface area contributed by atoms with Gasteiger partial charge in [0.15, 0.2) is 5.82 Å². The van der Waals surface area contributed by atoms with Crippen molar-refractivity contribution in [3.63, 3.8) is 0 Å². The zero-order valence-corrected chi connectivity index (χ0v) is 17.9. The summed E-state index contributed by atoms with van der Waals surface area (Å²) in [7, 11) is 2.01. The van der Waals surface area contributed by atoms with E-state index in [1.165, 1.54) is 11.9 Å². The van der Waals surface area contributed by atoms with E-state index in [9.17, 15) is 4.39 Å². The van der Waals surface area contributed by atoms with Gasteiger partial charge in [-0.2, -0.15) is 0 Å². The highest BCUT2D eigenvalue weighted by atomic mass is 19.1. The van der Waals surface area contributed by atoms with Crippen LogP contribution in [0.4, 0.5) is 21.7 Å². The Morgan fingerprint density at radius 2 is 1.90 bits per heavy atom. The Kier molecular flexibility index (Phi) is 5.67. The highest BCUT2D eigenvalue weighted by molar-refractivity contribution is 5.62. The molecule has 0 aliphatic carbocycles. The van der Waals surface area contributed by atoms with Crippen molar-refractivity contribution in [3.05, 3.63) is 48.3 Å². The Hall–Kier alpha value is -3.00. The minimum Gasteiger partial charge on any atom is -0.370 e. The minimum atomic E-state index is -0.467. The number of halogens is 1. The van der Waals surface area contributed by atoms with Crippen molar-refractivity contribution < 1.29 is 4.39 Å². The molecular weight excluding hydrogens is 381 g/mol. The molecular formula is C22H28FN7. The number of hydrogen-bond donors (Lipinski definition) is 2. The SMILES string of the molecule is CN[C@H]1CCN(c2ccc(Nc3ncc(F)c(-c4cnc(C)n4C(C)C)n3)cc2)C1. The van der Waals surface area contributed by atoms with Gasteiger partial charge in [0, 0.05) is 36.5 Å². The number of likely N-dealkylation sites (N-methyl/N-ethyl adjacent to an activating group) is 1. The average Bonchev–Trinajstić information content (AvgIpc) is 3.36. The molecule has 3 aromatic rings. The van der Waals surface area contributed by atoms with Crippen molar-refractivity contribution in [3.8, 4) is 11.4 Å². The maximum atomic E-state index is 14.5. The van der Waals surface area contributed by atoms with Crippen LogP contribution in [0.3, 0.4) is 0 Å². The highest BCUT2D eigenvalue weighted by Gasteiger charge is 2.21. The second-order valence-electron chi connectivity index (χ2n) is 7.94. The number of anilines is 3. The molecule has 158 valence electrons. The van der Waals surface area contributed by atoms with E-state index >= 15 is 0 Å². The van der Waals surface area contributed by atoms with Crippen molar-refractivity contribution in [2.45, 2.75) is 39.3 Å². The van der Waals surface area contributed by atoms with Crippen molar-refractivity contribution in [2.24, 2.45) is 0 Å². The molecule has 2 aromatic heterocycles. The first-order chi connectivity index (χ1) is 14.5.